The molecule has 4 nitrogen and oxygen atoms in total. The zero-order valence-corrected chi connectivity index (χ0v) is 11.4. The van der Waals surface area contributed by atoms with Crippen molar-refractivity contribution in [2.24, 2.45) is 5.92 Å². The minimum Gasteiger partial charge on any atom is -0.466 e. The quantitative estimate of drug-likeness (QED) is 0.703. The largest absolute Gasteiger partial charge is 0.466 e. The summed E-state index contributed by atoms with van der Waals surface area (Å²) in [5, 5.41) is 0. The Kier molecular flexibility index (Phi) is 6.40. The van der Waals surface area contributed by atoms with Crippen LogP contribution < -0.4 is 0 Å². The maximum atomic E-state index is 11.8. The summed E-state index contributed by atoms with van der Waals surface area (Å²) < 4.78 is 5.01. The van der Waals surface area contributed by atoms with Crippen molar-refractivity contribution in [1.82, 2.24) is 4.90 Å². The second kappa shape index (κ2) is 7.58. The molecule has 0 bridgehead atoms. The molecule has 0 radical (unpaired) electrons. The first-order valence-electron chi connectivity index (χ1n) is 6.12. The Balaban J connectivity index is 2.42. The summed E-state index contributed by atoms with van der Waals surface area (Å²) >= 11 is 1.67. The average Bonchev–Trinajstić information content (AvgIpc) is 2.36. The number of likely N-dealkylation sites (tertiary alicyclic amines) is 1. The van der Waals surface area contributed by atoms with Crippen LogP contribution >= 0.6 is 11.8 Å². The number of esters is 1. The normalized spacial score (nSPS) is 20.1. The van der Waals surface area contributed by atoms with E-state index in [1.165, 1.54) is 0 Å². The van der Waals surface area contributed by atoms with Gasteiger partial charge in [0.05, 0.1) is 12.5 Å². The molecular formula is C12H21NO3S. The van der Waals surface area contributed by atoms with Gasteiger partial charge in [0.25, 0.3) is 0 Å². The van der Waals surface area contributed by atoms with Gasteiger partial charge in [-0.25, -0.2) is 0 Å². The lowest BCUT2D eigenvalue weighted by atomic mass is 9.98. The predicted octanol–water partition coefficient (Wildman–Crippen LogP) is 1.54. The second-order valence-electron chi connectivity index (χ2n) is 4.17. The van der Waals surface area contributed by atoms with Crippen LogP contribution in [0.25, 0.3) is 0 Å². The van der Waals surface area contributed by atoms with Crippen molar-refractivity contribution in [2.75, 3.05) is 31.7 Å². The van der Waals surface area contributed by atoms with Crippen LogP contribution in [0, 0.1) is 5.92 Å². The lowest BCUT2D eigenvalue weighted by Gasteiger charge is -2.31. The number of ether oxygens (including phenoxy) is 1. The molecule has 0 aromatic rings. The lowest BCUT2D eigenvalue weighted by molar-refractivity contribution is -0.151. The van der Waals surface area contributed by atoms with Gasteiger partial charge in [-0.3, -0.25) is 9.59 Å². The molecule has 0 aliphatic carbocycles. The molecule has 1 amide bonds. The number of hydrogen-bond donors (Lipinski definition) is 0. The van der Waals surface area contributed by atoms with E-state index in [0.717, 1.165) is 25.1 Å². The van der Waals surface area contributed by atoms with E-state index in [0.29, 0.717) is 19.6 Å². The molecule has 5 heteroatoms. The number of rotatable bonds is 5. The van der Waals surface area contributed by atoms with E-state index < -0.39 is 0 Å². The smallest absolute Gasteiger partial charge is 0.310 e. The highest BCUT2D eigenvalue weighted by Crippen LogP contribution is 2.18. The van der Waals surface area contributed by atoms with Gasteiger partial charge < -0.3 is 9.64 Å². The Labute approximate surface area is 107 Å². The fourth-order valence-electron chi connectivity index (χ4n) is 2.00. The molecule has 0 saturated carbocycles. The topological polar surface area (TPSA) is 46.6 Å². The molecule has 0 aromatic heterocycles. The number of amides is 1. The third kappa shape index (κ3) is 4.58. The van der Waals surface area contributed by atoms with Crippen molar-refractivity contribution in [1.29, 1.82) is 0 Å². The van der Waals surface area contributed by atoms with Crippen LogP contribution in [0.3, 0.4) is 0 Å². The van der Waals surface area contributed by atoms with Crippen LogP contribution in [0.2, 0.25) is 0 Å². The first kappa shape index (κ1) is 14.4. The molecule has 17 heavy (non-hydrogen) atoms. The molecule has 1 saturated heterocycles. The van der Waals surface area contributed by atoms with Crippen LogP contribution in [0.15, 0.2) is 0 Å². The number of hydrogen-bond acceptors (Lipinski definition) is 4. The van der Waals surface area contributed by atoms with Gasteiger partial charge in [0, 0.05) is 25.3 Å². The average molecular weight is 259 g/mol. The first-order chi connectivity index (χ1) is 8.19. The highest BCUT2D eigenvalue weighted by Gasteiger charge is 2.28. The van der Waals surface area contributed by atoms with Gasteiger partial charge in [-0.15, -0.1) is 0 Å². The number of nitrogens with zero attached hydrogens (tertiary/aromatic N) is 1. The number of carbonyl (C=O) groups is 2. The molecule has 1 unspecified atom stereocenters. The van der Waals surface area contributed by atoms with E-state index >= 15 is 0 Å². The van der Waals surface area contributed by atoms with E-state index in [9.17, 15) is 9.59 Å². The highest BCUT2D eigenvalue weighted by atomic mass is 32.2. The summed E-state index contributed by atoms with van der Waals surface area (Å²) in [6.07, 6.45) is 4.29. The van der Waals surface area contributed by atoms with Crippen molar-refractivity contribution >= 4 is 23.6 Å². The maximum absolute atomic E-state index is 11.8. The zero-order chi connectivity index (χ0) is 12.7. The number of thioether (sulfide) groups is 1. The van der Waals surface area contributed by atoms with Gasteiger partial charge >= 0.3 is 5.97 Å². The zero-order valence-electron chi connectivity index (χ0n) is 10.6. The summed E-state index contributed by atoms with van der Waals surface area (Å²) in [6, 6.07) is 0. The molecular weight excluding hydrogens is 238 g/mol. The van der Waals surface area contributed by atoms with E-state index in [1.807, 2.05) is 13.2 Å². The van der Waals surface area contributed by atoms with Gasteiger partial charge in [0.1, 0.15) is 0 Å². The Hall–Kier alpha value is -0.710. The SMILES string of the molecule is CCOC(=O)C1CCCN(C(=O)CCSC)C1. The fourth-order valence-corrected chi connectivity index (χ4v) is 2.38. The predicted molar refractivity (Wildman–Crippen MR) is 68.9 cm³/mol. The van der Waals surface area contributed by atoms with Crippen molar-refractivity contribution < 1.29 is 14.3 Å². The molecule has 1 atom stereocenters. The van der Waals surface area contributed by atoms with Crippen LogP contribution in [0.4, 0.5) is 0 Å². The maximum Gasteiger partial charge on any atom is 0.310 e. The minimum absolute atomic E-state index is 0.123. The molecule has 1 fully saturated rings. The monoisotopic (exact) mass is 259 g/mol. The molecule has 1 rings (SSSR count). The van der Waals surface area contributed by atoms with Crippen LogP contribution in [0.1, 0.15) is 26.2 Å². The summed E-state index contributed by atoms with van der Waals surface area (Å²) in [5.74, 6) is 0.726. The summed E-state index contributed by atoms with van der Waals surface area (Å²) in [6.45, 7) is 3.53. The van der Waals surface area contributed by atoms with Crippen molar-refractivity contribution in [3.8, 4) is 0 Å². The third-order valence-electron chi connectivity index (χ3n) is 2.91. The standard InChI is InChI=1S/C12H21NO3S/c1-3-16-12(15)10-5-4-7-13(9-10)11(14)6-8-17-2/h10H,3-9H2,1-2H3. The third-order valence-corrected chi connectivity index (χ3v) is 3.53. The molecule has 0 spiro atoms. The van der Waals surface area contributed by atoms with Crippen molar-refractivity contribution in [3.63, 3.8) is 0 Å². The first-order valence-corrected chi connectivity index (χ1v) is 7.51. The molecule has 98 valence electrons. The lowest BCUT2D eigenvalue weighted by Crippen LogP contribution is -2.42. The minimum atomic E-state index is -0.158. The van der Waals surface area contributed by atoms with E-state index in [4.69, 9.17) is 4.74 Å². The molecule has 0 N–H and O–H groups in total. The highest BCUT2D eigenvalue weighted by molar-refractivity contribution is 7.98. The Bertz CT molecular complexity index is 270. The number of carbonyl (C=O) groups excluding carboxylic acids is 2. The Morgan fingerprint density at radius 1 is 1.47 bits per heavy atom. The van der Waals surface area contributed by atoms with E-state index in [1.54, 1.807) is 16.7 Å². The van der Waals surface area contributed by atoms with Gasteiger partial charge in [-0.2, -0.15) is 11.8 Å². The van der Waals surface area contributed by atoms with E-state index in [-0.39, 0.29) is 17.8 Å². The summed E-state index contributed by atoms with van der Waals surface area (Å²) in [4.78, 5) is 25.3. The van der Waals surface area contributed by atoms with Crippen molar-refractivity contribution in [3.05, 3.63) is 0 Å². The Morgan fingerprint density at radius 2 is 2.24 bits per heavy atom. The van der Waals surface area contributed by atoms with Crippen molar-refractivity contribution in [2.45, 2.75) is 26.2 Å². The molecule has 0 aromatic carbocycles. The number of piperidine rings is 1. The van der Waals surface area contributed by atoms with Gasteiger partial charge in [-0.05, 0) is 26.0 Å². The Morgan fingerprint density at radius 3 is 2.88 bits per heavy atom. The van der Waals surface area contributed by atoms with Crippen LogP contribution in [-0.2, 0) is 14.3 Å². The second-order valence-corrected chi connectivity index (χ2v) is 5.16. The van der Waals surface area contributed by atoms with E-state index in [2.05, 4.69) is 0 Å². The summed E-state index contributed by atoms with van der Waals surface area (Å²) in [5.41, 5.74) is 0. The van der Waals surface area contributed by atoms with Crippen LogP contribution in [-0.4, -0.2) is 48.5 Å². The van der Waals surface area contributed by atoms with Gasteiger partial charge in [0.15, 0.2) is 0 Å². The van der Waals surface area contributed by atoms with Crippen LogP contribution in [0.5, 0.6) is 0 Å². The van der Waals surface area contributed by atoms with Gasteiger partial charge in [-0.1, -0.05) is 0 Å². The summed E-state index contributed by atoms with van der Waals surface area (Å²) in [7, 11) is 0. The fraction of sp³-hybridized carbons (Fsp3) is 0.833. The molecule has 1 heterocycles. The molecule has 1 aliphatic rings. The molecule has 1 aliphatic heterocycles. The van der Waals surface area contributed by atoms with Gasteiger partial charge in [0.2, 0.25) is 5.91 Å².